The zero-order valence-electron chi connectivity index (χ0n) is 25.3. The van der Waals surface area contributed by atoms with E-state index in [0.717, 1.165) is 13.0 Å². The van der Waals surface area contributed by atoms with Crippen molar-refractivity contribution in [1.29, 1.82) is 0 Å². The lowest BCUT2D eigenvalue weighted by Gasteiger charge is -2.09. The molecule has 0 aliphatic rings. The van der Waals surface area contributed by atoms with Gasteiger partial charge in [-0.15, -0.1) is 0 Å². The molecule has 0 heterocycles. The van der Waals surface area contributed by atoms with E-state index in [2.05, 4.69) is 6.92 Å². The Morgan fingerprint density at radius 3 is 0.775 bits per heavy atom. The fraction of sp³-hybridized carbons (Fsp3) is 1.00. The normalized spacial score (nSPS) is 11.6. The van der Waals surface area contributed by atoms with Crippen LogP contribution in [0.5, 0.6) is 0 Å². The van der Waals surface area contributed by atoms with Gasteiger partial charge >= 0.3 is 0 Å². The molecular formula is C29H60O11. The molecule has 0 aliphatic carbocycles. The highest BCUT2D eigenvalue weighted by atomic mass is 16.6. The molecule has 40 heavy (non-hydrogen) atoms. The minimum absolute atomic E-state index is 0.0303. The summed E-state index contributed by atoms with van der Waals surface area (Å²) < 4.78 is 54.2. The second-order valence-electron chi connectivity index (χ2n) is 8.97. The Morgan fingerprint density at radius 1 is 0.275 bits per heavy atom. The molecule has 0 saturated carbocycles. The Kier molecular flexibility index (Phi) is 38.1. The van der Waals surface area contributed by atoms with Crippen LogP contribution in [0.25, 0.3) is 0 Å². The predicted octanol–water partition coefficient (Wildman–Crippen LogP) is 2.90. The molecule has 0 fully saturated rings. The van der Waals surface area contributed by atoms with Gasteiger partial charge in [-0.3, -0.25) is 0 Å². The molecule has 0 unspecified atom stereocenters. The maximum Gasteiger partial charge on any atom is 0.0701 e. The lowest BCUT2D eigenvalue weighted by molar-refractivity contribution is -0.0268. The third kappa shape index (κ3) is 37.6. The zero-order valence-corrected chi connectivity index (χ0v) is 25.3. The molecule has 1 N–H and O–H groups in total. The Balaban J connectivity index is 3.01. The van der Waals surface area contributed by atoms with Gasteiger partial charge in [0.1, 0.15) is 0 Å². The summed E-state index contributed by atoms with van der Waals surface area (Å²) in [5.41, 5.74) is 0. The summed E-state index contributed by atoms with van der Waals surface area (Å²) >= 11 is 0. The minimum atomic E-state index is 0.0303. The molecule has 242 valence electrons. The van der Waals surface area contributed by atoms with E-state index in [1.54, 1.807) is 0 Å². The van der Waals surface area contributed by atoms with Gasteiger partial charge in [-0.1, -0.05) is 45.4 Å². The smallest absolute Gasteiger partial charge is 0.0701 e. The van der Waals surface area contributed by atoms with Crippen molar-refractivity contribution in [3.8, 4) is 0 Å². The predicted molar refractivity (Wildman–Crippen MR) is 153 cm³/mol. The van der Waals surface area contributed by atoms with Crippen molar-refractivity contribution in [2.45, 2.75) is 51.9 Å². The molecular weight excluding hydrogens is 524 g/mol. The number of hydrogen-bond donors (Lipinski definition) is 1. The maximum atomic E-state index is 8.57. The van der Waals surface area contributed by atoms with Crippen molar-refractivity contribution in [1.82, 2.24) is 0 Å². The van der Waals surface area contributed by atoms with Crippen molar-refractivity contribution in [2.24, 2.45) is 0 Å². The van der Waals surface area contributed by atoms with E-state index in [0.29, 0.717) is 126 Å². The summed E-state index contributed by atoms with van der Waals surface area (Å²) in [5, 5.41) is 8.57. The third-order valence-corrected chi connectivity index (χ3v) is 5.48. The molecule has 0 aliphatic heterocycles. The number of hydrogen-bond acceptors (Lipinski definition) is 11. The molecule has 0 aromatic rings. The first-order valence-corrected chi connectivity index (χ1v) is 15.3. The van der Waals surface area contributed by atoms with Crippen LogP contribution in [0.3, 0.4) is 0 Å². The first kappa shape index (κ1) is 39.6. The number of aliphatic hydroxyl groups is 1. The van der Waals surface area contributed by atoms with E-state index < -0.39 is 0 Å². The van der Waals surface area contributed by atoms with Crippen molar-refractivity contribution in [2.75, 3.05) is 139 Å². The number of ether oxygens (including phenoxy) is 10. The highest BCUT2D eigenvalue weighted by Crippen LogP contribution is 2.06. The summed E-state index contributed by atoms with van der Waals surface area (Å²) in [6, 6.07) is 0. The molecule has 0 bridgehead atoms. The summed E-state index contributed by atoms with van der Waals surface area (Å²) in [6.07, 6.45) is 9.11. The molecule has 0 aromatic carbocycles. The van der Waals surface area contributed by atoms with Gasteiger partial charge in [0.25, 0.3) is 0 Å². The topological polar surface area (TPSA) is 113 Å². The van der Waals surface area contributed by atoms with Gasteiger partial charge in [0.15, 0.2) is 0 Å². The quantitative estimate of drug-likeness (QED) is 0.109. The molecule has 0 atom stereocenters. The number of aliphatic hydroxyl groups excluding tert-OH is 1. The van der Waals surface area contributed by atoms with Crippen molar-refractivity contribution < 1.29 is 52.5 Å². The molecule has 0 rings (SSSR count). The van der Waals surface area contributed by atoms with Crippen molar-refractivity contribution in [3.63, 3.8) is 0 Å². The van der Waals surface area contributed by atoms with Crippen LogP contribution in [0, 0.1) is 0 Å². The van der Waals surface area contributed by atoms with Crippen LogP contribution in [0.15, 0.2) is 0 Å². The lowest BCUT2D eigenvalue weighted by atomic mass is 10.1. The molecule has 0 saturated heterocycles. The van der Waals surface area contributed by atoms with Gasteiger partial charge in [0.05, 0.1) is 132 Å². The average Bonchev–Trinajstić information content (AvgIpc) is 2.97. The van der Waals surface area contributed by atoms with E-state index in [9.17, 15) is 0 Å². The van der Waals surface area contributed by atoms with Crippen LogP contribution in [0.1, 0.15) is 51.9 Å². The molecule has 11 heteroatoms. The maximum absolute atomic E-state index is 8.57. The van der Waals surface area contributed by atoms with Crippen LogP contribution in [-0.2, 0) is 47.4 Å². The van der Waals surface area contributed by atoms with Gasteiger partial charge in [0, 0.05) is 6.61 Å². The largest absolute Gasteiger partial charge is 0.394 e. The fourth-order valence-electron chi connectivity index (χ4n) is 3.31. The van der Waals surface area contributed by atoms with E-state index >= 15 is 0 Å². The van der Waals surface area contributed by atoms with Crippen LogP contribution < -0.4 is 0 Å². The van der Waals surface area contributed by atoms with Gasteiger partial charge in [-0.25, -0.2) is 0 Å². The summed E-state index contributed by atoms with van der Waals surface area (Å²) in [6.45, 7) is 13.1. The molecule has 11 nitrogen and oxygen atoms in total. The van der Waals surface area contributed by atoms with E-state index in [-0.39, 0.29) is 6.61 Å². The third-order valence-electron chi connectivity index (χ3n) is 5.48. The van der Waals surface area contributed by atoms with Gasteiger partial charge in [-0.2, -0.15) is 0 Å². The van der Waals surface area contributed by atoms with E-state index in [1.807, 2.05) is 0 Å². The van der Waals surface area contributed by atoms with Crippen LogP contribution >= 0.6 is 0 Å². The van der Waals surface area contributed by atoms with E-state index in [1.165, 1.54) is 38.5 Å². The zero-order chi connectivity index (χ0) is 28.9. The van der Waals surface area contributed by atoms with Crippen LogP contribution in [-0.4, -0.2) is 144 Å². The second-order valence-corrected chi connectivity index (χ2v) is 8.97. The fourth-order valence-corrected chi connectivity index (χ4v) is 3.31. The highest BCUT2D eigenvalue weighted by molar-refractivity contribution is 4.45. The Morgan fingerprint density at radius 2 is 0.500 bits per heavy atom. The standard InChI is InChI=1S/C29H60O11/c1-2-3-4-5-6-7-8-10-31-12-14-33-16-18-35-20-22-37-24-26-39-28-29-40-27-25-38-23-21-36-19-17-34-15-13-32-11-9-30/h30H,2-29H2,1H3. The van der Waals surface area contributed by atoms with Gasteiger partial charge < -0.3 is 52.5 Å². The molecule has 0 radical (unpaired) electrons. The monoisotopic (exact) mass is 584 g/mol. The number of unbranched alkanes of at least 4 members (excludes halogenated alkanes) is 6. The van der Waals surface area contributed by atoms with Crippen molar-refractivity contribution >= 4 is 0 Å². The summed E-state index contributed by atoms with van der Waals surface area (Å²) in [4.78, 5) is 0. The molecule has 0 amide bonds. The van der Waals surface area contributed by atoms with Crippen LogP contribution in [0.4, 0.5) is 0 Å². The van der Waals surface area contributed by atoms with E-state index in [4.69, 9.17) is 52.5 Å². The SMILES string of the molecule is CCCCCCCCCOCCOCCOCCOCCOCCOCCOCCOCCOCCOCCO. The second kappa shape index (κ2) is 38.6. The first-order valence-electron chi connectivity index (χ1n) is 15.3. The Labute approximate surface area is 243 Å². The summed E-state index contributed by atoms with van der Waals surface area (Å²) in [7, 11) is 0. The highest BCUT2D eigenvalue weighted by Gasteiger charge is 1.96. The summed E-state index contributed by atoms with van der Waals surface area (Å²) in [5.74, 6) is 0. The minimum Gasteiger partial charge on any atom is -0.394 e. The van der Waals surface area contributed by atoms with Crippen molar-refractivity contribution in [3.05, 3.63) is 0 Å². The Bertz CT molecular complexity index is 395. The lowest BCUT2D eigenvalue weighted by Crippen LogP contribution is -2.15. The molecule has 0 aromatic heterocycles. The van der Waals surface area contributed by atoms with Gasteiger partial charge in [0.2, 0.25) is 0 Å². The van der Waals surface area contributed by atoms with Crippen LogP contribution in [0.2, 0.25) is 0 Å². The Hall–Kier alpha value is -0.440. The number of rotatable bonds is 37. The first-order chi connectivity index (χ1) is 19.9. The average molecular weight is 585 g/mol. The van der Waals surface area contributed by atoms with Gasteiger partial charge in [-0.05, 0) is 6.42 Å². The molecule has 0 spiro atoms.